The quantitative estimate of drug-likeness (QED) is 0.167. The van der Waals surface area contributed by atoms with Crippen LogP contribution in [0, 0.1) is 27.7 Å². The first-order chi connectivity index (χ1) is 23.5. The SMILES string of the molecule is Cc1ccc(N(c2ccc(C)cc2)c2ccc(-c3ccccc3)c(-c3ccccc3)c2N(c2ccc(C)cc2)c2ccc(C)cc2)cc1. The molecule has 0 heterocycles. The van der Waals surface area contributed by atoms with Crippen LogP contribution >= 0.6 is 0 Å². The lowest BCUT2D eigenvalue weighted by Gasteiger charge is -2.36. The Morgan fingerprint density at radius 2 is 0.667 bits per heavy atom. The summed E-state index contributed by atoms with van der Waals surface area (Å²) in [5, 5.41) is 0. The van der Waals surface area contributed by atoms with Crippen LogP contribution in [0.15, 0.2) is 170 Å². The van der Waals surface area contributed by atoms with Crippen LogP contribution in [0.2, 0.25) is 0 Å². The molecule has 0 aliphatic heterocycles. The fourth-order valence-electron chi connectivity index (χ4n) is 6.35. The molecule has 2 nitrogen and oxygen atoms in total. The van der Waals surface area contributed by atoms with Crippen LogP contribution in [0.4, 0.5) is 34.1 Å². The van der Waals surface area contributed by atoms with E-state index in [4.69, 9.17) is 0 Å². The number of aryl methyl sites for hydroxylation is 4. The Hall–Kier alpha value is -5.86. The number of rotatable bonds is 8. The Balaban J connectivity index is 1.65. The van der Waals surface area contributed by atoms with E-state index in [1.54, 1.807) is 0 Å². The van der Waals surface area contributed by atoms with E-state index >= 15 is 0 Å². The lowest BCUT2D eigenvalue weighted by molar-refractivity contribution is 1.22. The van der Waals surface area contributed by atoms with Crippen molar-refractivity contribution in [1.82, 2.24) is 0 Å². The molecule has 48 heavy (non-hydrogen) atoms. The van der Waals surface area contributed by atoms with Crippen molar-refractivity contribution >= 4 is 34.1 Å². The van der Waals surface area contributed by atoms with Gasteiger partial charge in [-0.15, -0.1) is 0 Å². The van der Waals surface area contributed by atoms with Crippen molar-refractivity contribution in [3.8, 4) is 22.3 Å². The summed E-state index contributed by atoms with van der Waals surface area (Å²) in [6, 6.07) is 61.7. The maximum absolute atomic E-state index is 2.44. The van der Waals surface area contributed by atoms with Crippen molar-refractivity contribution in [1.29, 1.82) is 0 Å². The van der Waals surface area contributed by atoms with Gasteiger partial charge in [0.15, 0.2) is 0 Å². The van der Waals surface area contributed by atoms with Crippen LogP contribution < -0.4 is 9.80 Å². The molecule has 0 N–H and O–H groups in total. The lowest BCUT2D eigenvalue weighted by Crippen LogP contribution is -2.18. The van der Waals surface area contributed by atoms with E-state index in [0.717, 1.165) is 39.7 Å². The molecule has 0 spiro atoms. The van der Waals surface area contributed by atoms with E-state index < -0.39 is 0 Å². The van der Waals surface area contributed by atoms with Crippen LogP contribution in [-0.4, -0.2) is 0 Å². The summed E-state index contributed by atoms with van der Waals surface area (Å²) < 4.78 is 0. The summed E-state index contributed by atoms with van der Waals surface area (Å²) in [6.07, 6.45) is 0. The molecule has 234 valence electrons. The van der Waals surface area contributed by atoms with Crippen molar-refractivity contribution in [2.24, 2.45) is 0 Å². The van der Waals surface area contributed by atoms with E-state index in [1.165, 1.54) is 38.9 Å². The molecule has 0 saturated carbocycles. The first-order valence-electron chi connectivity index (χ1n) is 16.6. The maximum atomic E-state index is 2.44. The fraction of sp³-hybridized carbons (Fsp3) is 0.0870. The Morgan fingerprint density at radius 3 is 1.06 bits per heavy atom. The van der Waals surface area contributed by atoms with E-state index in [2.05, 4.69) is 207 Å². The van der Waals surface area contributed by atoms with Crippen LogP contribution in [0.3, 0.4) is 0 Å². The zero-order chi connectivity index (χ0) is 33.0. The zero-order valence-electron chi connectivity index (χ0n) is 28.1. The van der Waals surface area contributed by atoms with Gasteiger partial charge < -0.3 is 9.80 Å². The van der Waals surface area contributed by atoms with Gasteiger partial charge in [0.25, 0.3) is 0 Å². The minimum atomic E-state index is 1.09. The van der Waals surface area contributed by atoms with Crippen LogP contribution in [-0.2, 0) is 0 Å². The number of hydrogen-bond acceptors (Lipinski definition) is 2. The molecule has 0 aliphatic carbocycles. The molecule has 0 unspecified atom stereocenters. The smallest absolute Gasteiger partial charge is 0.0787 e. The third-order valence-corrected chi connectivity index (χ3v) is 8.94. The first kappa shape index (κ1) is 30.8. The van der Waals surface area contributed by atoms with Crippen LogP contribution in [0.25, 0.3) is 22.3 Å². The summed E-state index contributed by atoms with van der Waals surface area (Å²) in [7, 11) is 0. The largest absolute Gasteiger partial charge is 0.308 e. The molecule has 0 bridgehead atoms. The second-order valence-corrected chi connectivity index (χ2v) is 12.6. The molecule has 0 fully saturated rings. The first-order valence-corrected chi connectivity index (χ1v) is 16.6. The zero-order valence-corrected chi connectivity index (χ0v) is 28.1. The lowest BCUT2D eigenvalue weighted by atomic mass is 9.90. The second kappa shape index (κ2) is 13.5. The molecule has 0 radical (unpaired) electrons. The number of hydrogen-bond donors (Lipinski definition) is 0. The summed E-state index contributed by atoms with van der Waals surface area (Å²) >= 11 is 0. The molecule has 0 saturated heterocycles. The molecule has 7 aromatic carbocycles. The average molecular weight is 621 g/mol. The predicted octanol–water partition coefficient (Wildman–Crippen LogP) is 13.2. The highest BCUT2D eigenvalue weighted by molar-refractivity contribution is 6.04. The van der Waals surface area contributed by atoms with Gasteiger partial charge in [-0.05, 0) is 99.0 Å². The molecule has 2 heteroatoms. The standard InChI is InChI=1S/C46H40N2/c1-33-15-23-39(24-16-33)47(40-25-17-34(2)18-26-40)44-32-31-43(37-11-7-5-8-12-37)45(38-13-9-6-10-14-38)46(44)48(41-27-19-35(3)20-28-41)42-29-21-36(4)22-30-42/h5-32H,1-4H3. The van der Waals surface area contributed by atoms with E-state index in [0.29, 0.717) is 0 Å². The van der Waals surface area contributed by atoms with Gasteiger partial charge in [0.2, 0.25) is 0 Å². The summed E-state index contributed by atoms with van der Waals surface area (Å²) in [4.78, 5) is 4.85. The monoisotopic (exact) mass is 620 g/mol. The van der Waals surface area contributed by atoms with Gasteiger partial charge in [-0.25, -0.2) is 0 Å². The van der Waals surface area contributed by atoms with Crippen molar-refractivity contribution in [2.75, 3.05) is 9.80 Å². The van der Waals surface area contributed by atoms with Gasteiger partial charge in [-0.1, -0.05) is 138 Å². The van der Waals surface area contributed by atoms with Gasteiger partial charge in [0.1, 0.15) is 0 Å². The minimum absolute atomic E-state index is 1.09. The fourth-order valence-corrected chi connectivity index (χ4v) is 6.35. The summed E-state index contributed by atoms with van der Waals surface area (Å²) in [5.41, 5.74) is 16.2. The normalized spacial score (nSPS) is 10.9. The highest BCUT2D eigenvalue weighted by atomic mass is 15.2. The predicted molar refractivity (Wildman–Crippen MR) is 206 cm³/mol. The third-order valence-electron chi connectivity index (χ3n) is 8.94. The molecule has 0 atom stereocenters. The molecule has 0 amide bonds. The van der Waals surface area contributed by atoms with Gasteiger partial charge in [-0.3, -0.25) is 0 Å². The number of anilines is 6. The molecule has 7 rings (SSSR count). The molecular formula is C46H40N2. The Kier molecular flexibility index (Phi) is 8.64. The van der Waals surface area contributed by atoms with Crippen LogP contribution in [0.5, 0.6) is 0 Å². The molecular weight excluding hydrogens is 581 g/mol. The van der Waals surface area contributed by atoms with E-state index in [1.807, 2.05) is 0 Å². The van der Waals surface area contributed by atoms with E-state index in [9.17, 15) is 0 Å². The highest BCUT2D eigenvalue weighted by Gasteiger charge is 2.28. The Labute approximate surface area is 285 Å². The van der Waals surface area contributed by atoms with Crippen molar-refractivity contribution in [3.05, 3.63) is 192 Å². The number of nitrogens with zero attached hydrogens (tertiary/aromatic N) is 2. The second-order valence-electron chi connectivity index (χ2n) is 12.6. The molecule has 0 aromatic heterocycles. The van der Waals surface area contributed by atoms with Crippen LogP contribution in [0.1, 0.15) is 22.3 Å². The highest BCUT2D eigenvalue weighted by Crippen LogP contribution is 2.53. The van der Waals surface area contributed by atoms with Gasteiger partial charge in [0.05, 0.1) is 11.4 Å². The van der Waals surface area contributed by atoms with Crippen molar-refractivity contribution in [2.45, 2.75) is 27.7 Å². The Bertz CT molecular complexity index is 2020. The maximum Gasteiger partial charge on any atom is 0.0787 e. The van der Waals surface area contributed by atoms with Crippen molar-refractivity contribution < 1.29 is 0 Å². The van der Waals surface area contributed by atoms with Gasteiger partial charge >= 0.3 is 0 Å². The average Bonchev–Trinajstić information content (AvgIpc) is 3.12. The third kappa shape index (κ3) is 6.26. The summed E-state index contributed by atoms with van der Waals surface area (Å²) in [5.74, 6) is 0. The topological polar surface area (TPSA) is 6.48 Å². The summed E-state index contributed by atoms with van der Waals surface area (Å²) in [6.45, 7) is 8.58. The minimum Gasteiger partial charge on any atom is -0.308 e. The van der Waals surface area contributed by atoms with Gasteiger partial charge in [0, 0.05) is 28.3 Å². The van der Waals surface area contributed by atoms with Gasteiger partial charge in [-0.2, -0.15) is 0 Å². The molecule has 0 aliphatic rings. The van der Waals surface area contributed by atoms with Crippen molar-refractivity contribution in [3.63, 3.8) is 0 Å². The van der Waals surface area contributed by atoms with E-state index in [-0.39, 0.29) is 0 Å². The molecule has 7 aromatic rings. The number of benzene rings is 7. The Morgan fingerprint density at radius 1 is 0.312 bits per heavy atom.